The van der Waals surface area contributed by atoms with Crippen molar-refractivity contribution in [2.45, 2.75) is 39.4 Å². The summed E-state index contributed by atoms with van der Waals surface area (Å²) in [5.74, 6) is -0.265. The maximum Gasteiger partial charge on any atom is 0.332 e. The standard InChI is InChI=1S/C18H20N4O3S/c1-3-12(2)19-15(23)10-21-14-11-26-20-16(14)17(24)22(18(21)25)9-13-7-5-4-6-8-13/h4-8,11-12H,3,9-10H2,1-2H3,(H,19,23)/t12-/m1/s1. The van der Waals surface area contributed by atoms with Gasteiger partial charge in [-0.05, 0) is 30.4 Å². The molecule has 0 saturated heterocycles. The summed E-state index contributed by atoms with van der Waals surface area (Å²) in [6, 6.07) is 9.27. The number of aromatic nitrogens is 3. The van der Waals surface area contributed by atoms with Crippen molar-refractivity contribution in [2.24, 2.45) is 0 Å². The molecule has 8 heteroatoms. The zero-order valence-electron chi connectivity index (χ0n) is 14.6. The van der Waals surface area contributed by atoms with Crippen molar-refractivity contribution in [1.82, 2.24) is 18.8 Å². The predicted molar refractivity (Wildman–Crippen MR) is 102 cm³/mol. The number of carbonyl (C=O) groups is 1. The van der Waals surface area contributed by atoms with Crippen molar-refractivity contribution in [1.29, 1.82) is 0 Å². The largest absolute Gasteiger partial charge is 0.352 e. The monoisotopic (exact) mass is 372 g/mol. The zero-order valence-corrected chi connectivity index (χ0v) is 15.5. The number of hydrogen-bond donors (Lipinski definition) is 1. The van der Waals surface area contributed by atoms with E-state index in [-0.39, 0.29) is 30.6 Å². The predicted octanol–water partition coefficient (Wildman–Crippen LogP) is 1.58. The van der Waals surface area contributed by atoms with Crippen LogP contribution in [-0.4, -0.2) is 25.5 Å². The van der Waals surface area contributed by atoms with Gasteiger partial charge in [0.1, 0.15) is 6.54 Å². The normalized spacial score (nSPS) is 12.2. The molecule has 1 N–H and O–H groups in total. The Bertz CT molecular complexity index is 1040. The van der Waals surface area contributed by atoms with Gasteiger partial charge in [0.2, 0.25) is 5.91 Å². The molecule has 0 spiro atoms. The van der Waals surface area contributed by atoms with Crippen LogP contribution in [0, 0.1) is 0 Å². The topological polar surface area (TPSA) is 86.0 Å². The molecule has 0 bridgehead atoms. The van der Waals surface area contributed by atoms with Crippen molar-refractivity contribution < 1.29 is 4.79 Å². The molecule has 1 amide bonds. The summed E-state index contributed by atoms with van der Waals surface area (Å²) in [5, 5.41) is 4.47. The van der Waals surface area contributed by atoms with Crippen molar-refractivity contribution in [2.75, 3.05) is 0 Å². The van der Waals surface area contributed by atoms with Gasteiger partial charge in [0.05, 0.1) is 12.1 Å². The molecule has 0 aliphatic rings. The number of nitrogens with one attached hydrogen (secondary N) is 1. The third kappa shape index (κ3) is 3.60. The lowest BCUT2D eigenvalue weighted by atomic mass is 10.2. The molecule has 1 atom stereocenters. The maximum atomic E-state index is 12.9. The Kier molecular flexibility index (Phi) is 5.32. The molecule has 26 heavy (non-hydrogen) atoms. The molecule has 0 radical (unpaired) electrons. The Morgan fingerprint density at radius 1 is 1.23 bits per heavy atom. The van der Waals surface area contributed by atoms with Crippen LogP contribution in [0.15, 0.2) is 45.3 Å². The highest BCUT2D eigenvalue weighted by molar-refractivity contribution is 7.04. The van der Waals surface area contributed by atoms with Crippen LogP contribution in [0.3, 0.4) is 0 Å². The number of rotatable bonds is 6. The van der Waals surface area contributed by atoms with Crippen LogP contribution in [-0.2, 0) is 17.9 Å². The van der Waals surface area contributed by atoms with Gasteiger partial charge < -0.3 is 5.32 Å². The van der Waals surface area contributed by atoms with Crippen molar-refractivity contribution in [3.63, 3.8) is 0 Å². The summed E-state index contributed by atoms with van der Waals surface area (Å²) in [5.41, 5.74) is 0.493. The molecule has 0 aliphatic carbocycles. The lowest BCUT2D eigenvalue weighted by Gasteiger charge is -2.14. The Hall–Kier alpha value is -2.74. The first-order valence-electron chi connectivity index (χ1n) is 8.42. The average molecular weight is 372 g/mol. The molecule has 0 fully saturated rings. The highest BCUT2D eigenvalue weighted by Crippen LogP contribution is 2.10. The Balaban J connectivity index is 2.05. The third-order valence-electron chi connectivity index (χ3n) is 4.26. The first-order chi connectivity index (χ1) is 12.5. The van der Waals surface area contributed by atoms with E-state index in [0.29, 0.717) is 5.52 Å². The van der Waals surface area contributed by atoms with Crippen molar-refractivity contribution >= 4 is 28.5 Å². The highest BCUT2D eigenvalue weighted by atomic mass is 32.1. The van der Waals surface area contributed by atoms with Crippen LogP contribution < -0.4 is 16.6 Å². The number of carbonyl (C=O) groups excluding carboxylic acids is 1. The summed E-state index contributed by atoms with van der Waals surface area (Å²) in [4.78, 5) is 37.9. The summed E-state index contributed by atoms with van der Waals surface area (Å²) in [6.45, 7) is 3.86. The molecule has 3 rings (SSSR count). The SMILES string of the molecule is CC[C@@H](C)NC(=O)Cn1c(=O)n(Cc2ccccc2)c(=O)c2nscc21. The van der Waals surface area contributed by atoms with Crippen molar-refractivity contribution in [3.05, 3.63) is 62.1 Å². The highest BCUT2D eigenvalue weighted by Gasteiger charge is 2.18. The van der Waals surface area contributed by atoms with E-state index in [0.717, 1.165) is 28.1 Å². The second kappa shape index (κ2) is 7.65. The molecule has 2 heterocycles. The maximum absolute atomic E-state index is 12.9. The van der Waals surface area contributed by atoms with Gasteiger partial charge >= 0.3 is 5.69 Å². The van der Waals surface area contributed by atoms with E-state index < -0.39 is 11.2 Å². The van der Waals surface area contributed by atoms with Gasteiger partial charge in [-0.25, -0.2) is 4.79 Å². The molecular weight excluding hydrogens is 352 g/mol. The Morgan fingerprint density at radius 2 is 1.96 bits per heavy atom. The number of hydrogen-bond acceptors (Lipinski definition) is 5. The second-order valence-electron chi connectivity index (χ2n) is 6.17. The zero-order chi connectivity index (χ0) is 18.7. The fourth-order valence-corrected chi connectivity index (χ4v) is 3.33. The van der Waals surface area contributed by atoms with E-state index in [1.165, 1.54) is 4.57 Å². The van der Waals surface area contributed by atoms with Gasteiger partial charge in [-0.3, -0.25) is 18.7 Å². The lowest BCUT2D eigenvalue weighted by molar-refractivity contribution is -0.122. The van der Waals surface area contributed by atoms with Crippen LogP contribution in [0.1, 0.15) is 25.8 Å². The third-order valence-corrected chi connectivity index (χ3v) is 4.87. The Morgan fingerprint density at radius 3 is 2.65 bits per heavy atom. The fraction of sp³-hybridized carbons (Fsp3) is 0.333. The molecule has 0 saturated carbocycles. The second-order valence-corrected chi connectivity index (χ2v) is 6.80. The van der Waals surface area contributed by atoms with E-state index in [1.807, 2.05) is 44.2 Å². The molecule has 7 nitrogen and oxygen atoms in total. The molecule has 3 aromatic rings. The van der Waals surface area contributed by atoms with Crippen LogP contribution >= 0.6 is 11.5 Å². The summed E-state index contributed by atoms with van der Waals surface area (Å²) in [6.07, 6.45) is 0.795. The van der Waals surface area contributed by atoms with Crippen LogP contribution in [0.25, 0.3) is 11.0 Å². The summed E-state index contributed by atoms with van der Waals surface area (Å²) < 4.78 is 6.58. The first kappa shape index (κ1) is 18.1. The van der Waals surface area contributed by atoms with E-state index in [2.05, 4.69) is 9.69 Å². The molecular formula is C18H20N4O3S. The van der Waals surface area contributed by atoms with Crippen molar-refractivity contribution in [3.8, 4) is 0 Å². The van der Waals surface area contributed by atoms with Gasteiger partial charge in [0.25, 0.3) is 5.56 Å². The van der Waals surface area contributed by atoms with Crippen LogP contribution in [0.2, 0.25) is 0 Å². The molecule has 0 unspecified atom stereocenters. The van der Waals surface area contributed by atoms with E-state index >= 15 is 0 Å². The molecule has 1 aromatic carbocycles. The summed E-state index contributed by atoms with van der Waals surface area (Å²) >= 11 is 1.10. The average Bonchev–Trinajstić information content (AvgIpc) is 3.13. The number of amides is 1. The Labute approximate surface area is 154 Å². The van der Waals surface area contributed by atoms with Gasteiger partial charge in [-0.2, -0.15) is 4.37 Å². The fourth-order valence-electron chi connectivity index (χ4n) is 2.66. The smallest absolute Gasteiger partial charge is 0.332 e. The molecule has 136 valence electrons. The van der Waals surface area contributed by atoms with E-state index in [9.17, 15) is 14.4 Å². The molecule has 2 aromatic heterocycles. The molecule has 0 aliphatic heterocycles. The van der Waals surface area contributed by atoms with Gasteiger partial charge in [0.15, 0.2) is 5.52 Å². The number of nitrogens with zero attached hydrogens (tertiary/aromatic N) is 3. The van der Waals surface area contributed by atoms with Crippen LogP contribution in [0.5, 0.6) is 0 Å². The summed E-state index contributed by atoms with van der Waals surface area (Å²) in [7, 11) is 0. The minimum Gasteiger partial charge on any atom is -0.352 e. The lowest BCUT2D eigenvalue weighted by Crippen LogP contribution is -2.43. The number of benzene rings is 1. The quantitative estimate of drug-likeness (QED) is 0.712. The van der Waals surface area contributed by atoms with Crippen LogP contribution in [0.4, 0.5) is 0 Å². The minimum absolute atomic E-state index is 0.0181. The van der Waals surface area contributed by atoms with Gasteiger partial charge in [-0.1, -0.05) is 37.3 Å². The number of fused-ring (bicyclic) bond motifs is 1. The first-order valence-corrected chi connectivity index (χ1v) is 9.26. The minimum atomic E-state index is -0.508. The van der Waals surface area contributed by atoms with E-state index in [1.54, 1.807) is 5.38 Å². The van der Waals surface area contributed by atoms with Gasteiger partial charge in [-0.15, -0.1) is 0 Å². The van der Waals surface area contributed by atoms with Gasteiger partial charge in [0, 0.05) is 11.4 Å². The van der Waals surface area contributed by atoms with E-state index in [4.69, 9.17) is 0 Å².